The van der Waals surface area contributed by atoms with Crippen LogP contribution in [-0.2, 0) is 27.9 Å². The molecule has 3 heterocycles. The van der Waals surface area contributed by atoms with Crippen molar-refractivity contribution in [2.24, 2.45) is 7.05 Å². The predicted octanol–water partition coefficient (Wildman–Crippen LogP) is 1.81. The van der Waals surface area contributed by atoms with Gasteiger partial charge in [0.15, 0.2) is 0 Å². The van der Waals surface area contributed by atoms with Gasteiger partial charge in [-0.3, -0.25) is 14.3 Å². The van der Waals surface area contributed by atoms with Crippen molar-refractivity contribution in [2.75, 3.05) is 33.2 Å². The van der Waals surface area contributed by atoms with Crippen molar-refractivity contribution in [2.45, 2.75) is 37.3 Å². The monoisotopic (exact) mass is 543 g/mol. The molecule has 10 nitrogen and oxygen atoms in total. The zero-order chi connectivity index (χ0) is 28.1. The third kappa shape index (κ3) is 7.51. The number of hydrogen-bond donors (Lipinski definition) is 2. The third-order valence-corrected chi connectivity index (χ3v) is 6.34. The Morgan fingerprint density at radius 3 is 2.26 bits per heavy atom. The summed E-state index contributed by atoms with van der Waals surface area (Å²) < 4.78 is 52.7. The summed E-state index contributed by atoms with van der Waals surface area (Å²) in [5.74, 6) is -3.27. The molecule has 0 aliphatic carbocycles. The standard InChI is InChI=1S/C22H28FN5O3.C2HF3O2/c1-26-14-19(20(29)24-13-16-3-5-17(23)6-4-16)31-22(15-26)8-11-28(12-9-22)21(30)18-7-10-25-27(18)2;3-2(4,5)1(6)7/h3-7,10,19H,8-9,11-15H2,1-2H3,(H,24,29);(H,6,7). The van der Waals surface area contributed by atoms with E-state index in [1.165, 1.54) is 12.1 Å². The lowest BCUT2D eigenvalue weighted by molar-refractivity contribution is -0.192. The molecule has 14 heteroatoms. The van der Waals surface area contributed by atoms with Crippen LogP contribution in [0.3, 0.4) is 0 Å². The van der Waals surface area contributed by atoms with Gasteiger partial charge in [0.1, 0.15) is 17.6 Å². The van der Waals surface area contributed by atoms with Crippen molar-refractivity contribution >= 4 is 17.8 Å². The smallest absolute Gasteiger partial charge is 0.475 e. The third-order valence-electron chi connectivity index (χ3n) is 6.34. The summed E-state index contributed by atoms with van der Waals surface area (Å²) in [6.45, 7) is 2.70. The number of alkyl halides is 3. The number of aryl methyl sites for hydroxylation is 1. The summed E-state index contributed by atoms with van der Waals surface area (Å²) in [6, 6.07) is 7.78. The van der Waals surface area contributed by atoms with Crippen LogP contribution >= 0.6 is 0 Å². The Labute approximate surface area is 216 Å². The molecule has 1 aromatic heterocycles. The molecule has 1 atom stereocenters. The second-order valence-electron chi connectivity index (χ2n) is 9.27. The Bertz CT molecular complexity index is 1130. The zero-order valence-corrected chi connectivity index (χ0v) is 20.9. The van der Waals surface area contributed by atoms with Crippen molar-refractivity contribution in [1.82, 2.24) is 24.9 Å². The van der Waals surface area contributed by atoms with Crippen molar-refractivity contribution in [3.8, 4) is 0 Å². The number of halogens is 4. The average molecular weight is 544 g/mol. The molecule has 38 heavy (non-hydrogen) atoms. The van der Waals surface area contributed by atoms with Crippen LogP contribution in [0.4, 0.5) is 17.6 Å². The number of amides is 2. The Balaban J connectivity index is 0.000000505. The molecule has 1 spiro atoms. The number of carbonyl (C=O) groups excluding carboxylic acids is 2. The summed E-state index contributed by atoms with van der Waals surface area (Å²) in [4.78, 5) is 38.4. The van der Waals surface area contributed by atoms with Gasteiger partial charge in [0.05, 0.1) is 5.60 Å². The van der Waals surface area contributed by atoms with E-state index in [2.05, 4.69) is 15.3 Å². The van der Waals surface area contributed by atoms with Crippen LogP contribution in [0.2, 0.25) is 0 Å². The first-order valence-electron chi connectivity index (χ1n) is 11.8. The number of rotatable bonds is 4. The van der Waals surface area contributed by atoms with E-state index in [-0.39, 0.29) is 17.6 Å². The molecule has 0 saturated carbocycles. The van der Waals surface area contributed by atoms with Crippen LogP contribution in [0.25, 0.3) is 0 Å². The number of aromatic nitrogens is 2. The lowest BCUT2D eigenvalue weighted by Crippen LogP contribution is -2.61. The molecule has 2 aliphatic heterocycles. The number of nitrogens with one attached hydrogen (secondary N) is 1. The molecular formula is C24H29F4N5O5. The molecule has 0 radical (unpaired) electrons. The highest BCUT2D eigenvalue weighted by molar-refractivity contribution is 5.92. The summed E-state index contributed by atoms with van der Waals surface area (Å²) in [5.41, 5.74) is 0.944. The Hall–Kier alpha value is -3.52. The maximum Gasteiger partial charge on any atom is 0.490 e. The fourth-order valence-electron chi connectivity index (χ4n) is 4.40. The van der Waals surface area contributed by atoms with E-state index in [9.17, 15) is 27.2 Å². The minimum Gasteiger partial charge on any atom is -0.475 e. The predicted molar refractivity (Wildman–Crippen MR) is 125 cm³/mol. The van der Waals surface area contributed by atoms with Crippen molar-refractivity contribution in [3.05, 3.63) is 53.6 Å². The second kappa shape index (κ2) is 11.9. The van der Waals surface area contributed by atoms with E-state index >= 15 is 0 Å². The van der Waals surface area contributed by atoms with E-state index in [0.717, 1.165) is 12.1 Å². The highest BCUT2D eigenvalue weighted by Gasteiger charge is 2.45. The highest BCUT2D eigenvalue weighted by Crippen LogP contribution is 2.32. The fourth-order valence-corrected chi connectivity index (χ4v) is 4.40. The fraction of sp³-hybridized carbons (Fsp3) is 0.500. The van der Waals surface area contributed by atoms with Crippen molar-refractivity contribution < 1.29 is 41.8 Å². The lowest BCUT2D eigenvalue weighted by atomic mass is 9.88. The molecule has 2 aliphatic rings. The summed E-state index contributed by atoms with van der Waals surface area (Å²) in [7, 11) is 3.74. The normalized spacial score (nSPS) is 19.4. The van der Waals surface area contributed by atoms with Gasteiger partial charge < -0.3 is 25.0 Å². The molecule has 0 bridgehead atoms. The average Bonchev–Trinajstić information content (AvgIpc) is 3.28. The second-order valence-corrected chi connectivity index (χ2v) is 9.27. The van der Waals surface area contributed by atoms with E-state index < -0.39 is 23.9 Å². The summed E-state index contributed by atoms with van der Waals surface area (Å²) in [6.07, 6.45) is -2.71. The van der Waals surface area contributed by atoms with Gasteiger partial charge in [-0.2, -0.15) is 18.3 Å². The van der Waals surface area contributed by atoms with Gasteiger partial charge in [-0.15, -0.1) is 0 Å². The molecule has 2 N–H and O–H groups in total. The summed E-state index contributed by atoms with van der Waals surface area (Å²) in [5, 5.41) is 14.1. The van der Waals surface area contributed by atoms with Gasteiger partial charge in [0.25, 0.3) is 11.8 Å². The number of likely N-dealkylation sites (N-methyl/N-ethyl adjacent to an activating group) is 1. The molecule has 1 unspecified atom stereocenters. The maximum atomic E-state index is 13.1. The maximum absolute atomic E-state index is 13.1. The largest absolute Gasteiger partial charge is 0.490 e. The Morgan fingerprint density at radius 1 is 1.13 bits per heavy atom. The van der Waals surface area contributed by atoms with E-state index in [1.54, 1.807) is 36.1 Å². The number of hydrogen-bond acceptors (Lipinski definition) is 6. The molecule has 2 fully saturated rings. The first kappa shape index (κ1) is 29.0. The van der Waals surface area contributed by atoms with Crippen molar-refractivity contribution in [1.29, 1.82) is 0 Å². The van der Waals surface area contributed by atoms with Crippen LogP contribution in [0.1, 0.15) is 28.9 Å². The number of carboxylic acids is 1. The van der Waals surface area contributed by atoms with E-state index in [1.807, 2.05) is 11.9 Å². The minimum absolute atomic E-state index is 0.0346. The topological polar surface area (TPSA) is 117 Å². The first-order valence-corrected chi connectivity index (χ1v) is 11.8. The number of nitrogens with zero attached hydrogens (tertiary/aromatic N) is 4. The zero-order valence-electron chi connectivity index (χ0n) is 20.9. The van der Waals surface area contributed by atoms with Crippen LogP contribution in [0.5, 0.6) is 0 Å². The molecule has 4 rings (SSSR count). The summed E-state index contributed by atoms with van der Waals surface area (Å²) >= 11 is 0. The van der Waals surface area contributed by atoms with Crippen LogP contribution in [0, 0.1) is 5.82 Å². The number of ether oxygens (including phenoxy) is 1. The van der Waals surface area contributed by atoms with E-state index in [4.69, 9.17) is 14.6 Å². The van der Waals surface area contributed by atoms with Crippen LogP contribution in [-0.4, -0.2) is 93.6 Å². The van der Waals surface area contributed by atoms with Gasteiger partial charge in [-0.1, -0.05) is 12.1 Å². The van der Waals surface area contributed by atoms with Crippen molar-refractivity contribution in [3.63, 3.8) is 0 Å². The molecule has 2 aromatic rings. The number of carbonyl (C=O) groups is 3. The lowest BCUT2D eigenvalue weighted by Gasteiger charge is -2.48. The van der Waals surface area contributed by atoms with Gasteiger partial charge >= 0.3 is 12.1 Å². The minimum atomic E-state index is -5.08. The molecular weight excluding hydrogens is 514 g/mol. The quantitative estimate of drug-likeness (QED) is 0.565. The van der Waals surface area contributed by atoms with Gasteiger partial charge in [-0.05, 0) is 43.7 Å². The Kier molecular flexibility index (Phi) is 9.09. The first-order chi connectivity index (χ1) is 17.8. The van der Waals surface area contributed by atoms with Gasteiger partial charge in [-0.25, -0.2) is 9.18 Å². The highest BCUT2D eigenvalue weighted by atomic mass is 19.4. The molecule has 208 valence electrons. The SMILES string of the molecule is CN1CC(C(=O)NCc2ccc(F)cc2)OC2(CCN(C(=O)c3ccnn3C)CC2)C1.O=C(O)C(F)(F)F. The van der Waals surface area contributed by atoms with Crippen LogP contribution < -0.4 is 5.32 Å². The number of piperidine rings is 1. The number of benzene rings is 1. The molecule has 1 aromatic carbocycles. The van der Waals surface area contributed by atoms with Crippen LogP contribution in [0.15, 0.2) is 36.5 Å². The Morgan fingerprint density at radius 2 is 1.74 bits per heavy atom. The number of carboxylic acid groups (broad SMARTS) is 1. The van der Waals surface area contributed by atoms with Gasteiger partial charge in [0.2, 0.25) is 0 Å². The van der Waals surface area contributed by atoms with Gasteiger partial charge in [0, 0.05) is 46.0 Å². The number of likely N-dealkylation sites (tertiary alicyclic amines) is 1. The number of morpholine rings is 1. The van der Waals surface area contributed by atoms with E-state index in [0.29, 0.717) is 44.7 Å². The molecule has 2 saturated heterocycles. The number of aliphatic carboxylic acids is 1. The molecule has 2 amide bonds.